The SMILES string of the molecule is Cc1ccc(-n2nc(C(C)(C)C)cc2NC(=O)Nc2ccc(OCc3ccnc(Nc4cnc(C(=O)NCCBr)cn4)c3)c3ccccc23)cc1. The summed E-state index contributed by atoms with van der Waals surface area (Å²) < 4.78 is 8.03. The fraction of sp³-hybridized carbons (Fsp3) is 0.211. The first-order valence-electron chi connectivity index (χ1n) is 16.4. The van der Waals surface area contributed by atoms with Crippen molar-refractivity contribution < 1.29 is 14.3 Å². The Labute approximate surface area is 304 Å². The lowest BCUT2D eigenvalue weighted by molar-refractivity contribution is 0.0951. The highest BCUT2D eigenvalue weighted by Gasteiger charge is 2.22. The van der Waals surface area contributed by atoms with E-state index >= 15 is 0 Å². The van der Waals surface area contributed by atoms with Crippen LogP contribution in [0, 0.1) is 6.92 Å². The number of halogens is 1. The van der Waals surface area contributed by atoms with Crippen molar-refractivity contribution >= 4 is 61.8 Å². The number of carbonyl (C=O) groups excluding carboxylic acids is 2. The number of anilines is 4. The lowest BCUT2D eigenvalue weighted by atomic mass is 9.92. The van der Waals surface area contributed by atoms with Crippen LogP contribution in [0.1, 0.15) is 48.1 Å². The number of hydrogen-bond donors (Lipinski definition) is 4. The van der Waals surface area contributed by atoms with Gasteiger partial charge in [0.15, 0.2) is 0 Å². The Hall–Kier alpha value is -5.82. The van der Waals surface area contributed by atoms with Crippen molar-refractivity contribution in [2.24, 2.45) is 0 Å². The molecule has 260 valence electrons. The molecule has 0 saturated carbocycles. The van der Waals surface area contributed by atoms with E-state index in [1.54, 1.807) is 10.9 Å². The van der Waals surface area contributed by atoms with Gasteiger partial charge in [-0.05, 0) is 48.9 Å². The summed E-state index contributed by atoms with van der Waals surface area (Å²) in [7, 11) is 0. The second-order valence-corrected chi connectivity index (χ2v) is 13.6. The summed E-state index contributed by atoms with van der Waals surface area (Å²) in [6.45, 7) is 9.06. The van der Waals surface area contributed by atoms with Gasteiger partial charge in [0.25, 0.3) is 5.91 Å². The Balaban J connectivity index is 1.14. The minimum Gasteiger partial charge on any atom is -0.488 e. The number of urea groups is 1. The zero-order chi connectivity index (χ0) is 36.0. The molecule has 0 saturated heterocycles. The standard InChI is InChI=1S/C38H38BrN9O3/c1-24-9-11-26(12-10-24)48-35(20-32(47-48)38(2,3)4)46-37(50)44-29-13-14-31(28-8-6-5-7-27(28)29)51-23-25-15-17-40-33(19-25)45-34-22-42-30(21-43-34)36(49)41-18-16-39/h5-15,17,19-22H,16,18,23H2,1-4H3,(H,41,49)(H,40,43,45)(H2,44,46,50). The molecule has 4 N–H and O–H groups in total. The fourth-order valence-corrected chi connectivity index (χ4v) is 5.38. The highest BCUT2D eigenvalue weighted by atomic mass is 79.9. The van der Waals surface area contributed by atoms with Gasteiger partial charge in [-0.15, -0.1) is 0 Å². The van der Waals surface area contributed by atoms with E-state index in [0.29, 0.717) is 40.8 Å². The van der Waals surface area contributed by atoms with E-state index in [9.17, 15) is 9.59 Å². The molecule has 0 aliphatic heterocycles. The predicted molar refractivity (Wildman–Crippen MR) is 204 cm³/mol. The van der Waals surface area contributed by atoms with Gasteiger partial charge in [-0.1, -0.05) is 78.7 Å². The summed E-state index contributed by atoms with van der Waals surface area (Å²) in [5.74, 6) is 1.94. The van der Waals surface area contributed by atoms with E-state index in [0.717, 1.165) is 33.3 Å². The molecule has 0 atom stereocenters. The van der Waals surface area contributed by atoms with Crippen LogP contribution < -0.4 is 26.0 Å². The first-order chi connectivity index (χ1) is 24.6. The molecule has 12 nitrogen and oxygen atoms in total. The quantitative estimate of drug-likeness (QED) is 0.0978. The first-order valence-corrected chi connectivity index (χ1v) is 17.5. The number of aromatic nitrogens is 5. The minimum atomic E-state index is -0.392. The zero-order valence-corrected chi connectivity index (χ0v) is 30.3. The van der Waals surface area contributed by atoms with Crippen molar-refractivity contribution in [3.63, 3.8) is 0 Å². The number of alkyl halides is 1. The molecule has 0 fully saturated rings. The van der Waals surface area contributed by atoms with Crippen LogP contribution in [0.4, 0.5) is 27.9 Å². The summed E-state index contributed by atoms with van der Waals surface area (Å²) in [4.78, 5) is 38.4. The van der Waals surface area contributed by atoms with Crippen LogP contribution in [-0.2, 0) is 12.0 Å². The average Bonchev–Trinajstić information content (AvgIpc) is 3.55. The van der Waals surface area contributed by atoms with E-state index < -0.39 is 6.03 Å². The number of pyridine rings is 1. The summed E-state index contributed by atoms with van der Waals surface area (Å²) in [6.07, 6.45) is 4.57. The van der Waals surface area contributed by atoms with Gasteiger partial charge in [0, 0.05) is 40.3 Å². The molecule has 0 aliphatic carbocycles. The molecule has 0 bridgehead atoms. The molecule has 0 aliphatic rings. The Kier molecular flexibility index (Phi) is 10.6. The molecule has 6 aromatic rings. The average molecular weight is 749 g/mol. The van der Waals surface area contributed by atoms with Crippen LogP contribution in [0.5, 0.6) is 5.75 Å². The maximum atomic E-state index is 13.4. The van der Waals surface area contributed by atoms with Gasteiger partial charge >= 0.3 is 6.03 Å². The summed E-state index contributed by atoms with van der Waals surface area (Å²) >= 11 is 3.28. The number of rotatable bonds is 11. The number of aryl methyl sites for hydroxylation is 1. The van der Waals surface area contributed by atoms with Crippen LogP contribution in [0.15, 0.2) is 97.5 Å². The Bertz CT molecular complexity index is 2160. The third-order valence-corrected chi connectivity index (χ3v) is 8.27. The number of benzene rings is 3. The molecular formula is C38H38BrN9O3. The van der Waals surface area contributed by atoms with Gasteiger partial charge in [0.05, 0.1) is 29.5 Å². The summed E-state index contributed by atoms with van der Waals surface area (Å²) in [5.41, 5.74) is 4.37. The first kappa shape index (κ1) is 35.0. The largest absolute Gasteiger partial charge is 0.488 e. The predicted octanol–water partition coefficient (Wildman–Crippen LogP) is 7.91. The number of ether oxygens (including phenoxy) is 1. The molecule has 51 heavy (non-hydrogen) atoms. The molecule has 3 aromatic heterocycles. The van der Waals surface area contributed by atoms with Crippen molar-refractivity contribution in [3.8, 4) is 11.4 Å². The maximum absolute atomic E-state index is 13.4. The van der Waals surface area contributed by atoms with Crippen molar-refractivity contribution in [2.45, 2.75) is 39.7 Å². The minimum absolute atomic E-state index is 0.211. The molecule has 0 radical (unpaired) electrons. The van der Waals surface area contributed by atoms with Crippen LogP contribution in [0.3, 0.4) is 0 Å². The third-order valence-electron chi connectivity index (χ3n) is 7.87. The Morgan fingerprint density at radius 3 is 2.37 bits per heavy atom. The lowest BCUT2D eigenvalue weighted by Gasteiger charge is -2.15. The second-order valence-electron chi connectivity index (χ2n) is 12.8. The summed E-state index contributed by atoms with van der Waals surface area (Å²) in [6, 6.07) is 24.7. The van der Waals surface area contributed by atoms with E-state index in [1.807, 2.05) is 85.8 Å². The van der Waals surface area contributed by atoms with E-state index in [4.69, 9.17) is 9.84 Å². The fourth-order valence-electron chi connectivity index (χ4n) is 5.18. The van der Waals surface area contributed by atoms with Gasteiger partial charge in [-0.25, -0.2) is 24.4 Å². The molecular weight excluding hydrogens is 710 g/mol. The third kappa shape index (κ3) is 8.68. The Morgan fingerprint density at radius 2 is 1.65 bits per heavy atom. The molecule has 13 heteroatoms. The van der Waals surface area contributed by atoms with Crippen molar-refractivity contribution in [1.29, 1.82) is 0 Å². The highest BCUT2D eigenvalue weighted by Crippen LogP contribution is 2.33. The van der Waals surface area contributed by atoms with Crippen LogP contribution in [0.2, 0.25) is 0 Å². The Morgan fingerprint density at radius 1 is 0.863 bits per heavy atom. The topological polar surface area (TPSA) is 148 Å². The number of nitrogens with zero attached hydrogens (tertiary/aromatic N) is 5. The van der Waals surface area contributed by atoms with Crippen LogP contribution >= 0.6 is 15.9 Å². The van der Waals surface area contributed by atoms with Crippen molar-refractivity contribution in [3.05, 3.63) is 120 Å². The monoisotopic (exact) mass is 747 g/mol. The van der Waals surface area contributed by atoms with E-state index in [2.05, 4.69) is 72.9 Å². The molecule has 3 amide bonds. The maximum Gasteiger partial charge on any atom is 0.324 e. The zero-order valence-electron chi connectivity index (χ0n) is 28.7. The van der Waals surface area contributed by atoms with Gasteiger partial charge in [-0.2, -0.15) is 5.10 Å². The lowest BCUT2D eigenvalue weighted by Crippen LogP contribution is -2.26. The number of hydrogen-bond acceptors (Lipinski definition) is 8. The van der Waals surface area contributed by atoms with Crippen molar-refractivity contribution in [1.82, 2.24) is 30.0 Å². The molecule has 0 spiro atoms. The van der Waals surface area contributed by atoms with Crippen LogP contribution in [0.25, 0.3) is 16.5 Å². The number of fused-ring (bicyclic) bond motifs is 1. The van der Waals surface area contributed by atoms with E-state index in [1.165, 1.54) is 12.4 Å². The molecule has 3 heterocycles. The number of nitrogens with one attached hydrogen (secondary N) is 4. The van der Waals surface area contributed by atoms with Crippen molar-refractivity contribution in [2.75, 3.05) is 27.8 Å². The van der Waals surface area contributed by atoms with Gasteiger partial charge < -0.3 is 20.7 Å². The van der Waals surface area contributed by atoms with Gasteiger partial charge in [0.1, 0.15) is 35.5 Å². The van der Waals surface area contributed by atoms with E-state index in [-0.39, 0.29) is 23.6 Å². The summed E-state index contributed by atoms with van der Waals surface area (Å²) in [5, 5.41) is 19.0. The number of carbonyl (C=O) groups is 2. The highest BCUT2D eigenvalue weighted by molar-refractivity contribution is 9.09. The van der Waals surface area contributed by atoms with Gasteiger partial charge in [0.2, 0.25) is 0 Å². The molecule has 3 aromatic carbocycles. The molecule has 0 unspecified atom stereocenters. The molecule has 6 rings (SSSR count). The van der Waals surface area contributed by atoms with Crippen LogP contribution in [-0.4, -0.2) is 48.5 Å². The normalized spacial score (nSPS) is 11.2. The van der Waals surface area contributed by atoms with Gasteiger partial charge in [-0.3, -0.25) is 10.1 Å². The second kappa shape index (κ2) is 15.4. The number of amides is 3. The smallest absolute Gasteiger partial charge is 0.324 e.